The molecule has 0 amide bonds. The number of aromatic nitrogens is 1. The van der Waals surface area contributed by atoms with Gasteiger partial charge in [-0.3, -0.25) is 4.79 Å². The van der Waals surface area contributed by atoms with Crippen molar-refractivity contribution in [1.82, 2.24) is 4.98 Å². The van der Waals surface area contributed by atoms with Crippen molar-refractivity contribution in [3.05, 3.63) is 51.8 Å². The minimum atomic E-state index is -1.03. The number of benzene rings is 1. The first-order chi connectivity index (χ1) is 13.2. The van der Waals surface area contributed by atoms with E-state index in [0.29, 0.717) is 22.6 Å². The number of rotatable bonds is 7. The maximum atomic E-state index is 12.7. The van der Waals surface area contributed by atoms with Crippen LogP contribution in [0.3, 0.4) is 0 Å². The van der Waals surface area contributed by atoms with Crippen LogP contribution in [0.2, 0.25) is 0 Å². The second-order valence-corrected chi connectivity index (χ2v) is 6.62. The number of carbonyl (C=O) groups excluding carboxylic acids is 3. The number of nitrogens with one attached hydrogen (secondary N) is 1. The van der Waals surface area contributed by atoms with E-state index >= 15 is 0 Å². The van der Waals surface area contributed by atoms with Gasteiger partial charge in [-0.25, -0.2) is 9.59 Å². The molecule has 0 bridgehead atoms. The molecule has 7 nitrogen and oxygen atoms in total. The number of carbonyl (C=O) groups is 3. The second-order valence-electron chi connectivity index (χ2n) is 6.62. The molecule has 0 aliphatic carbocycles. The van der Waals surface area contributed by atoms with Crippen LogP contribution in [0.4, 0.5) is 0 Å². The molecule has 2 aromatic rings. The molecular weight excluding hydrogens is 362 g/mol. The van der Waals surface area contributed by atoms with Crippen LogP contribution in [0, 0.1) is 27.7 Å². The number of para-hydroxylation sites is 1. The van der Waals surface area contributed by atoms with E-state index in [9.17, 15) is 14.4 Å². The number of hydrogen-bond acceptors (Lipinski definition) is 6. The topological polar surface area (TPSA) is 94.7 Å². The summed E-state index contributed by atoms with van der Waals surface area (Å²) in [5.41, 5.74) is 3.32. The molecule has 0 unspecified atom stereocenters. The van der Waals surface area contributed by atoms with E-state index in [1.54, 1.807) is 13.8 Å². The normalized spacial score (nSPS) is 11.6. The van der Waals surface area contributed by atoms with Gasteiger partial charge in [-0.15, -0.1) is 0 Å². The molecule has 7 heteroatoms. The summed E-state index contributed by atoms with van der Waals surface area (Å²) in [6.45, 7) is 8.25. The summed E-state index contributed by atoms with van der Waals surface area (Å²) in [7, 11) is 1.27. The smallest absolute Gasteiger partial charge is 0.344 e. The molecule has 0 radical (unpaired) electrons. The Bertz CT molecular complexity index is 892. The first-order valence-electron chi connectivity index (χ1n) is 8.87. The molecule has 0 fully saturated rings. The molecule has 1 heterocycles. The fourth-order valence-electron chi connectivity index (χ4n) is 3.05. The molecule has 150 valence electrons. The third kappa shape index (κ3) is 4.42. The standard InChI is InChI=1S/C21H25NO6/c1-11-8-7-9-12(2)20(11)27-10-16(23)28-15(5)19(24)18-13(3)17(14(4)22-18)21(25)26-6/h7-9,15,22H,10H2,1-6H3/t15-/m1/s1. The Morgan fingerprint density at radius 3 is 2.25 bits per heavy atom. The highest BCUT2D eigenvalue weighted by molar-refractivity contribution is 6.03. The number of hydrogen-bond donors (Lipinski definition) is 1. The van der Waals surface area contributed by atoms with Crippen molar-refractivity contribution in [2.24, 2.45) is 0 Å². The lowest BCUT2D eigenvalue weighted by Gasteiger charge is -2.14. The molecule has 28 heavy (non-hydrogen) atoms. The maximum Gasteiger partial charge on any atom is 0.344 e. The van der Waals surface area contributed by atoms with Crippen LogP contribution in [0.25, 0.3) is 0 Å². The monoisotopic (exact) mass is 387 g/mol. The molecule has 1 aromatic carbocycles. The Hall–Kier alpha value is -3.09. The van der Waals surface area contributed by atoms with Crippen LogP contribution in [0.15, 0.2) is 18.2 Å². The fraction of sp³-hybridized carbons (Fsp3) is 0.381. The van der Waals surface area contributed by atoms with Gasteiger partial charge in [0.25, 0.3) is 0 Å². The van der Waals surface area contributed by atoms with Gasteiger partial charge in [0.1, 0.15) is 5.75 Å². The number of aryl methyl sites for hydroxylation is 3. The number of esters is 2. The maximum absolute atomic E-state index is 12.7. The van der Waals surface area contributed by atoms with Crippen molar-refractivity contribution >= 4 is 17.7 Å². The summed E-state index contributed by atoms with van der Waals surface area (Å²) in [5.74, 6) is -0.997. The summed E-state index contributed by atoms with van der Waals surface area (Å²) in [4.78, 5) is 39.5. The zero-order valence-electron chi connectivity index (χ0n) is 17.0. The van der Waals surface area contributed by atoms with Gasteiger partial charge < -0.3 is 19.2 Å². The van der Waals surface area contributed by atoms with Crippen molar-refractivity contribution in [1.29, 1.82) is 0 Å². The molecule has 1 aromatic heterocycles. The van der Waals surface area contributed by atoms with Gasteiger partial charge >= 0.3 is 11.9 Å². The highest BCUT2D eigenvalue weighted by atomic mass is 16.6. The molecule has 0 saturated heterocycles. The van der Waals surface area contributed by atoms with Gasteiger partial charge in [0.05, 0.1) is 18.4 Å². The SMILES string of the molecule is COC(=O)c1c(C)[nH]c(C(=O)[C@@H](C)OC(=O)COc2c(C)cccc2C)c1C. The van der Waals surface area contributed by atoms with Crippen LogP contribution in [-0.4, -0.2) is 42.5 Å². The molecule has 0 saturated carbocycles. The number of H-pyrrole nitrogens is 1. The zero-order valence-corrected chi connectivity index (χ0v) is 17.0. The average Bonchev–Trinajstić information content (AvgIpc) is 2.94. The van der Waals surface area contributed by atoms with Gasteiger partial charge in [-0.2, -0.15) is 0 Å². The third-order valence-corrected chi connectivity index (χ3v) is 4.49. The molecule has 0 aliphatic heterocycles. The lowest BCUT2D eigenvalue weighted by molar-refractivity contribution is -0.148. The van der Waals surface area contributed by atoms with Gasteiger partial charge in [0.15, 0.2) is 12.7 Å². The Morgan fingerprint density at radius 1 is 1.07 bits per heavy atom. The predicted molar refractivity (Wildman–Crippen MR) is 103 cm³/mol. The minimum absolute atomic E-state index is 0.217. The summed E-state index contributed by atoms with van der Waals surface area (Å²) in [6.07, 6.45) is -1.03. The summed E-state index contributed by atoms with van der Waals surface area (Å²) >= 11 is 0. The number of methoxy groups -OCH3 is 1. The molecule has 2 rings (SSSR count). The first kappa shape index (κ1) is 21.2. The van der Waals surface area contributed by atoms with Gasteiger partial charge in [-0.05, 0) is 51.3 Å². The molecule has 1 atom stereocenters. The van der Waals surface area contributed by atoms with Crippen LogP contribution >= 0.6 is 0 Å². The van der Waals surface area contributed by atoms with Gasteiger partial charge in [-0.1, -0.05) is 18.2 Å². The van der Waals surface area contributed by atoms with Crippen molar-refractivity contribution in [3.63, 3.8) is 0 Å². The largest absolute Gasteiger partial charge is 0.481 e. The molecule has 1 N–H and O–H groups in total. The number of ether oxygens (including phenoxy) is 3. The lowest BCUT2D eigenvalue weighted by Crippen LogP contribution is -2.28. The highest BCUT2D eigenvalue weighted by Crippen LogP contribution is 2.23. The lowest BCUT2D eigenvalue weighted by atomic mass is 10.1. The summed E-state index contributed by atoms with van der Waals surface area (Å²) < 4.78 is 15.5. The van der Waals surface area contributed by atoms with Gasteiger partial charge in [0, 0.05) is 5.69 Å². The zero-order chi connectivity index (χ0) is 21.0. The van der Waals surface area contributed by atoms with E-state index in [-0.39, 0.29) is 12.3 Å². The molecule has 0 aliphatic rings. The minimum Gasteiger partial charge on any atom is -0.481 e. The van der Waals surface area contributed by atoms with E-state index in [1.165, 1.54) is 14.0 Å². The first-order valence-corrected chi connectivity index (χ1v) is 8.87. The summed E-state index contributed by atoms with van der Waals surface area (Å²) in [5, 5.41) is 0. The van der Waals surface area contributed by atoms with E-state index in [4.69, 9.17) is 14.2 Å². The van der Waals surface area contributed by atoms with E-state index in [1.807, 2.05) is 32.0 Å². The van der Waals surface area contributed by atoms with Crippen molar-refractivity contribution < 1.29 is 28.6 Å². The van der Waals surface area contributed by atoms with Crippen molar-refractivity contribution in [3.8, 4) is 5.75 Å². The van der Waals surface area contributed by atoms with Crippen LogP contribution in [0.1, 0.15) is 50.2 Å². The van der Waals surface area contributed by atoms with Crippen LogP contribution < -0.4 is 4.74 Å². The number of ketones is 1. The Morgan fingerprint density at radius 2 is 1.68 bits per heavy atom. The predicted octanol–water partition coefficient (Wildman–Crippen LogP) is 3.23. The summed E-state index contributed by atoms with van der Waals surface area (Å²) in [6, 6.07) is 5.67. The highest BCUT2D eigenvalue weighted by Gasteiger charge is 2.27. The van der Waals surface area contributed by atoms with E-state index in [2.05, 4.69) is 4.98 Å². The Labute approximate surface area is 164 Å². The number of aromatic amines is 1. The molecule has 0 spiro atoms. The van der Waals surface area contributed by atoms with E-state index in [0.717, 1.165) is 11.1 Å². The second kappa shape index (κ2) is 8.73. The number of Topliss-reactive ketones (excluding diaryl/α,β-unsaturated/α-hetero) is 1. The van der Waals surface area contributed by atoms with Crippen LogP contribution in [0.5, 0.6) is 5.75 Å². The molecular formula is C21H25NO6. The Kier molecular flexibility index (Phi) is 6.62. The fourth-order valence-corrected chi connectivity index (χ4v) is 3.05. The Balaban J connectivity index is 2.04. The van der Waals surface area contributed by atoms with Crippen molar-refractivity contribution in [2.75, 3.05) is 13.7 Å². The average molecular weight is 387 g/mol. The van der Waals surface area contributed by atoms with Crippen LogP contribution in [-0.2, 0) is 14.3 Å². The quantitative estimate of drug-likeness (QED) is 0.579. The van der Waals surface area contributed by atoms with Crippen molar-refractivity contribution in [2.45, 2.75) is 40.7 Å². The third-order valence-electron chi connectivity index (χ3n) is 4.49. The van der Waals surface area contributed by atoms with E-state index < -0.39 is 23.8 Å². The van der Waals surface area contributed by atoms with Gasteiger partial charge in [0.2, 0.25) is 5.78 Å².